The summed E-state index contributed by atoms with van der Waals surface area (Å²) in [7, 11) is 1.78. The van der Waals surface area contributed by atoms with Gasteiger partial charge in [-0.15, -0.1) is 0 Å². The van der Waals surface area contributed by atoms with Gasteiger partial charge in [0.15, 0.2) is 0 Å². The second-order valence-electron chi connectivity index (χ2n) is 7.12. The predicted molar refractivity (Wildman–Crippen MR) is 80.8 cm³/mol. The molecule has 2 atom stereocenters. The average molecular weight is 281 g/mol. The summed E-state index contributed by atoms with van der Waals surface area (Å²) in [4.78, 5) is 0. The molecular formula is C17H31NO2. The van der Waals surface area contributed by atoms with Crippen LogP contribution in [0.5, 0.6) is 0 Å². The van der Waals surface area contributed by atoms with E-state index >= 15 is 0 Å². The lowest BCUT2D eigenvalue weighted by Crippen LogP contribution is -2.48. The summed E-state index contributed by atoms with van der Waals surface area (Å²) < 4.78 is 11.4. The number of nitrogens with one attached hydrogen (secondary N) is 1. The molecule has 20 heavy (non-hydrogen) atoms. The molecule has 0 spiro atoms. The Labute approximate surface area is 123 Å². The van der Waals surface area contributed by atoms with Gasteiger partial charge in [-0.25, -0.2) is 0 Å². The minimum atomic E-state index is 0.426. The largest absolute Gasteiger partial charge is 0.383 e. The van der Waals surface area contributed by atoms with Gasteiger partial charge in [-0.3, -0.25) is 0 Å². The Balaban J connectivity index is 1.67. The summed E-state index contributed by atoms with van der Waals surface area (Å²) in [5.41, 5.74) is 0.426. The number of hydrogen-bond donors (Lipinski definition) is 1. The van der Waals surface area contributed by atoms with E-state index in [1.165, 1.54) is 51.4 Å². The van der Waals surface area contributed by atoms with Crippen molar-refractivity contribution in [3.8, 4) is 0 Å². The minimum absolute atomic E-state index is 0.426. The lowest BCUT2D eigenvalue weighted by atomic mass is 9.64. The van der Waals surface area contributed by atoms with Crippen LogP contribution < -0.4 is 5.32 Å². The van der Waals surface area contributed by atoms with Crippen LogP contribution in [0.2, 0.25) is 0 Å². The summed E-state index contributed by atoms with van der Waals surface area (Å²) >= 11 is 0. The van der Waals surface area contributed by atoms with Gasteiger partial charge in [0.25, 0.3) is 0 Å². The molecule has 1 saturated heterocycles. The number of rotatable bonds is 7. The first-order valence-electron chi connectivity index (χ1n) is 8.68. The molecule has 3 nitrogen and oxygen atoms in total. The zero-order valence-electron chi connectivity index (χ0n) is 13.0. The quantitative estimate of drug-likeness (QED) is 0.728. The molecule has 2 aliphatic carbocycles. The second-order valence-corrected chi connectivity index (χ2v) is 7.12. The molecule has 3 rings (SSSR count). The Morgan fingerprint density at radius 2 is 1.95 bits per heavy atom. The van der Waals surface area contributed by atoms with Gasteiger partial charge in [0.05, 0.1) is 12.7 Å². The average Bonchev–Trinajstić information content (AvgIpc) is 3.25. The van der Waals surface area contributed by atoms with Crippen molar-refractivity contribution >= 4 is 0 Å². The zero-order valence-corrected chi connectivity index (χ0v) is 13.0. The molecule has 2 unspecified atom stereocenters. The first-order valence-corrected chi connectivity index (χ1v) is 8.68. The highest BCUT2D eigenvalue weighted by molar-refractivity contribution is 5.04. The molecule has 3 fully saturated rings. The lowest BCUT2D eigenvalue weighted by Gasteiger charge is -2.43. The lowest BCUT2D eigenvalue weighted by molar-refractivity contribution is -0.0118. The van der Waals surface area contributed by atoms with E-state index in [1.54, 1.807) is 7.11 Å². The Morgan fingerprint density at radius 1 is 1.15 bits per heavy atom. The summed E-state index contributed by atoms with van der Waals surface area (Å²) in [6.07, 6.45) is 11.8. The van der Waals surface area contributed by atoms with E-state index in [2.05, 4.69) is 5.32 Å². The molecule has 3 heteroatoms. The Hall–Kier alpha value is -0.120. The molecule has 116 valence electrons. The fraction of sp³-hybridized carbons (Fsp3) is 1.00. The first-order chi connectivity index (χ1) is 9.87. The van der Waals surface area contributed by atoms with Gasteiger partial charge in [0, 0.05) is 32.2 Å². The van der Waals surface area contributed by atoms with Gasteiger partial charge >= 0.3 is 0 Å². The van der Waals surface area contributed by atoms with Crippen LogP contribution in [-0.2, 0) is 9.47 Å². The SMILES string of the molecule is COCCNCC1(C2CCCCC2)CCOC1C1CC1. The van der Waals surface area contributed by atoms with Crippen molar-refractivity contribution in [2.24, 2.45) is 17.3 Å². The molecule has 0 amide bonds. The van der Waals surface area contributed by atoms with Crippen LogP contribution in [0.25, 0.3) is 0 Å². The van der Waals surface area contributed by atoms with Crippen molar-refractivity contribution in [3.63, 3.8) is 0 Å². The number of methoxy groups -OCH3 is 1. The van der Waals surface area contributed by atoms with E-state index in [4.69, 9.17) is 9.47 Å². The highest BCUT2D eigenvalue weighted by Crippen LogP contribution is 2.54. The molecule has 1 N–H and O–H groups in total. The molecule has 0 bridgehead atoms. The monoisotopic (exact) mass is 281 g/mol. The summed E-state index contributed by atoms with van der Waals surface area (Å²) in [6, 6.07) is 0. The van der Waals surface area contributed by atoms with Crippen LogP contribution in [0.1, 0.15) is 51.4 Å². The third-order valence-electron chi connectivity index (χ3n) is 5.84. The van der Waals surface area contributed by atoms with E-state index in [1.807, 2.05) is 0 Å². The molecule has 0 aromatic rings. The molecule has 0 aromatic heterocycles. The van der Waals surface area contributed by atoms with Gasteiger partial charge in [-0.1, -0.05) is 19.3 Å². The molecule has 1 aliphatic heterocycles. The van der Waals surface area contributed by atoms with E-state index in [9.17, 15) is 0 Å². The smallest absolute Gasteiger partial charge is 0.0675 e. The van der Waals surface area contributed by atoms with Crippen molar-refractivity contribution in [1.82, 2.24) is 5.32 Å². The Morgan fingerprint density at radius 3 is 2.65 bits per heavy atom. The molecular weight excluding hydrogens is 250 g/mol. The van der Waals surface area contributed by atoms with Gasteiger partial charge < -0.3 is 14.8 Å². The maximum absolute atomic E-state index is 6.23. The number of ether oxygens (including phenoxy) is 2. The van der Waals surface area contributed by atoms with Crippen molar-refractivity contribution < 1.29 is 9.47 Å². The Kier molecular flexibility index (Phi) is 5.00. The van der Waals surface area contributed by atoms with Crippen LogP contribution in [0.3, 0.4) is 0 Å². The Bertz CT molecular complexity index is 299. The summed E-state index contributed by atoms with van der Waals surface area (Å²) in [6.45, 7) is 3.92. The molecule has 3 aliphatic rings. The standard InChI is InChI=1S/C17H31NO2/c1-19-12-10-18-13-17(15-5-3-2-4-6-15)9-11-20-16(17)14-7-8-14/h14-16,18H,2-13H2,1H3. The van der Waals surface area contributed by atoms with E-state index in [-0.39, 0.29) is 0 Å². The highest BCUT2D eigenvalue weighted by Gasteiger charge is 2.54. The van der Waals surface area contributed by atoms with Crippen molar-refractivity contribution in [2.75, 3.05) is 33.4 Å². The molecule has 0 radical (unpaired) electrons. The third-order valence-corrected chi connectivity index (χ3v) is 5.84. The number of hydrogen-bond acceptors (Lipinski definition) is 3. The normalized spacial score (nSPS) is 35.5. The second kappa shape index (κ2) is 6.76. The van der Waals surface area contributed by atoms with Gasteiger partial charge in [-0.2, -0.15) is 0 Å². The van der Waals surface area contributed by atoms with Crippen LogP contribution in [0, 0.1) is 17.3 Å². The van der Waals surface area contributed by atoms with E-state index in [0.717, 1.165) is 38.1 Å². The molecule has 2 saturated carbocycles. The summed E-state index contributed by atoms with van der Waals surface area (Å²) in [5.74, 6) is 1.75. The predicted octanol–water partition coefficient (Wildman–Crippen LogP) is 2.99. The summed E-state index contributed by atoms with van der Waals surface area (Å²) in [5, 5.41) is 3.67. The van der Waals surface area contributed by atoms with Gasteiger partial charge in [0.2, 0.25) is 0 Å². The fourth-order valence-electron chi connectivity index (χ4n) is 4.63. The fourth-order valence-corrected chi connectivity index (χ4v) is 4.63. The van der Waals surface area contributed by atoms with Crippen molar-refractivity contribution in [3.05, 3.63) is 0 Å². The van der Waals surface area contributed by atoms with Crippen LogP contribution in [0.15, 0.2) is 0 Å². The van der Waals surface area contributed by atoms with E-state index < -0.39 is 0 Å². The van der Waals surface area contributed by atoms with E-state index in [0.29, 0.717) is 11.5 Å². The van der Waals surface area contributed by atoms with Crippen LogP contribution >= 0.6 is 0 Å². The highest BCUT2D eigenvalue weighted by atomic mass is 16.5. The maximum Gasteiger partial charge on any atom is 0.0675 e. The van der Waals surface area contributed by atoms with Crippen LogP contribution in [-0.4, -0.2) is 39.5 Å². The van der Waals surface area contributed by atoms with Crippen molar-refractivity contribution in [2.45, 2.75) is 57.5 Å². The zero-order chi connectivity index (χ0) is 13.8. The minimum Gasteiger partial charge on any atom is -0.383 e. The topological polar surface area (TPSA) is 30.5 Å². The molecule has 0 aromatic carbocycles. The third kappa shape index (κ3) is 3.05. The maximum atomic E-state index is 6.23. The van der Waals surface area contributed by atoms with Gasteiger partial charge in [-0.05, 0) is 43.9 Å². The first kappa shape index (κ1) is 14.8. The molecule has 1 heterocycles. The van der Waals surface area contributed by atoms with Crippen LogP contribution in [0.4, 0.5) is 0 Å². The van der Waals surface area contributed by atoms with Crippen molar-refractivity contribution in [1.29, 1.82) is 0 Å². The van der Waals surface area contributed by atoms with Gasteiger partial charge in [0.1, 0.15) is 0 Å².